The number of nitrogens with zero attached hydrogens (tertiary/aromatic N) is 2. The van der Waals surface area contributed by atoms with Crippen LogP contribution in [0.5, 0.6) is 0 Å². The van der Waals surface area contributed by atoms with Gasteiger partial charge in [-0.3, -0.25) is 10.2 Å². The van der Waals surface area contributed by atoms with Crippen LogP contribution in [0.2, 0.25) is 0 Å². The molecular weight excluding hydrogens is 316 g/mol. The fraction of sp³-hybridized carbons (Fsp3) is 0.500. The van der Waals surface area contributed by atoms with Gasteiger partial charge >= 0.3 is 0 Å². The van der Waals surface area contributed by atoms with E-state index in [0.717, 1.165) is 0 Å². The molecule has 1 aromatic rings. The van der Waals surface area contributed by atoms with E-state index in [0.29, 0.717) is 42.4 Å². The van der Waals surface area contributed by atoms with Crippen LogP contribution in [0.4, 0.5) is 11.8 Å². The maximum absolute atomic E-state index is 11.4. The number of aromatic nitrogens is 2. The largest absolute Gasteiger partial charge is 0.383 e. The van der Waals surface area contributed by atoms with E-state index >= 15 is 0 Å². The molecule has 8 nitrogen and oxygen atoms in total. The number of nitrogen functional groups attached to an aromatic ring is 1. The molecular formula is C10H17BrN6O2. The molecule has 1 aromatic heterocycles. The van der Waals surface area contributed by atoms with Gasteiger partial charge in [-0.15, -0.1) is 0 Å². The molecule has 1 amide bonds. The van der Waals surface area contributed by atoms with Gasteiger partial charge in [0.15, 0.2) is 0 Å². The molecule has 5 N–H and O–H groups in total. The van der Waals surface area contributed by atoms with Crippen LogP contribution < -0.4 is 21.9 Å². The highest BCUT2D eigenvalue weighted by Gasteiger charge is 2.05. The molecule has 0 aromatic carbocycles. The lowest BCUT2D eigenvalue weighted by Crippen LogP contribution is -2.28. The zero-order chi connectivity index (χ0) is 14.1. The Balaban J connectivity index is 2.34. The van der Waals surface area contributed by atoms with E-state index in [9.17, 15) is 4.79 Å². The van der Waals surface area contributed by atoms with E-state index in [-0.39, 0.29) is 5.91 Å². The third-order valence-corrected chi connectivity index (χ3v) is 2.73. The SMILES string of the molecule is COCCNC(=O)CCNc1nc(NN)ncc1Br. The van der Waals surface area contributed by atoms with Gasteiger partial charge in [-0.1, -0.05) is 0 Å². The lowest BCUT2D eigenvalue weighted by atomic mass is 10.4. The molecule has 0 aliphatic carbocycles. The third kappa shape index (κ3) is 5.81. The van der Waals surface area contributed by atoms with Gasteiger partial charge in [-0.05, 0) is 15.9 Å². The number of ether oxygens (including phenoxy) is 1. The van der Waals surface area contributed by atoms with Crippen LogP contribution in [0.25, 0.3) is 0 Å². The van der Waals surface area contributed by atoms with Crippen molar-refractivity contribution in [1.29, 1.82) is 0 Å². The molecule has 19 heavy (non-hydrogen) atoms. The summed E-state index contributed by atoms with van der Waals surface area (Å²) in [6, 6.07) is 0. The monoisotopic (exact) mass is 332 g/mol. The zero-order valence-electron chi connectivity index (χ0n) is 10.6. The Labute approximate surface area is 119 Å². The average molecular weight is 333 g/mol. The van der Waals surface area contributed by atoms with Gasteiger partial charge in [0.25, 0.3) is 0 Å². The van der Waals surface area contributed by atoms with Gasteiger partial charge in [0.05, 0.1) is 11.1 Å². The number of nitrogens with one attached hydrogen (secondary N) is 3. The number of carbonyl (C=O) groups is 1. The number of anilines is 2. The fourth-order valence-corrected chi connectivity index (χ4v) is 1.57. The minimum atomic E-state index is -0.0492. The van der Waals surface area contributed by atoms with Crippen LogP contribution in [0.15, 0.2) is 10.7 Å². The van der Waals surface area contributed by atoms with E-state index in [1.54, 1.807) is 13.3 Å². The van der Waals surface area contributed by atoms with Gasteiger partial charge in [0, 0.05) is 32.8 Å². The smallest absolute Gasteiger partial charge is 0.239 e. The predicted molar refractivity (Wildman–Crippen MR) is 75.5 cm³/mol. The number of carbonyl (C=O) groups excluding carboxylic acids is 1. The van der Waals surface area contributed by atoms with Crippen molar-refractivity contribution in [2.24, 2.45) is 5.84 Å². The summed E-state index contributed by atoms with van der Waals surface area (Å²) in [5, 5.41) is 5.75. The predicted octanol–water partition coefficient (Wildman–Crippen LogP) is 0.0893. The van der Waals surface area contributed by atoms with Gasteiger partial charge < -0.3 is 15.4 Å². The third-order valence-electron chi connectivity index (χ3n) is 2.15. The summed E-state index contributed by atoms with van der Waals surface area (Å²) in [5.41, 5.74) is 2.35. The molecule has 106 valence electrons. The Hall–Kier alpha value is -1.45. The lowest BCUT2D eigenvalue weighted by Gasteiger charge is -2.09. The van der Waals surface area contributed by atoms with E-state index in [4.69, 9.17) is 10.6 Å². The average Bonchev–Trinajstić information content (AvgIpc) is 2.41. The van der Waals surface area contributed by atoms with Crippen molar-refractivity contribution in [1.82, 2.24) is 15.3 Å². The number of hydrogen-bond acceptors (Lipinski definition) is 7. The molecule has 1 rings (SSSR count). The fourth-order valence-electron chi connectivity index (χ4n) is 1.24. The minimum Gasteiger partial charge on any atom is -0.383 e. The first-order valence-electron chi connectivity index (χ1n) is 5.66. The first-order valence-corrected chi connectivity index (χ1v) is 6.45. The summed E-state index contributed by atoms with van der Waals surface area (Å²) in [4.78, 5) is 19.5. The van der Waals surface area contributed by atoms with Crippen LogP contribution in [-0.4, -0.2) is 42.7 Å². The molecule has 0 saturated heterocycles. The first kappa shape index (κ1) is 15.6. The van der Waals surface area contributed by atoms with Gasteiger partial charge in [0.1, 0.15) is 5.82 Å². The molecule has 0 saturated carbocycles. The summed E-state index contributed by atoms with van der Waals surface area (Å²) in [6.07, 6.45) is 1.91. The molecule has 0 spiro atoms. The lowest BCUT2D eigenvalue weighted by molar-refractivity contribution is -0.121. The van der Waals surface area contributed by atoms with Crippen molar-refractivity contribution >= 4 is 33.6 Å². The summed E-state index contributed by atoms with van der Waals surface area (Å²) in [7, 11) is 1.59. The highest BCUT2D eigenvalue weighted by molar-refractivity contribution is 9.10. The van der Waals surface area contributed by atoms with Crippen LogP contribution in [0.1, 0.15) is 6.42 Å². The van der Waals surface area contributed by atoms with Crippen molar-refractivity contribution < 1.29 is 9.53 Å². The second-order valence-corrected chi connectivity index (χ2v) is 4.41. The number of halogens is 1. The maximum atomic E-state index is 11.4. The molecule has 0 aliphatic rings. The maximum Gasteiger partial charge on any atom is 0.239 e. The highest BCUT2D eigenvalue weighted by Crippen LogP contribution is 2.19. The van der Waals surface area contributed by atoms with E-state index in [1.807, 2.05) is 0 Å². The molecule has 0 aliphatic heterocycles. The van der Waals surface area contributed by atoms with Crippen molar-refractivity contribution in [3.8, 4) is 0 Å². The Morgan fingerprint density at radius 3 is 3.00 bits per heavy atom. The quantitative estimate of drug-likeness (QED) is 0.303. The molecule has 0 radical (unpaired) electrons. The topological polar surface area (TPSA) is 114 Å². The Morgan fingerprint density at radius 1 is 1.53 bits per heavy atom. The first-order chi connectivity index (χ1) is 9.17. The number of methoxy groups -OCH3 is 1. The standard InChI is InChI=1S/C10H17BrN6O2/c1-19-5-4-13-8(18)2-3-14-9-7(11)6-15-10(16-9)17-12/h6H,2-5,12H2,1H3,(H,13,18)(H2,14,15,16,17). The molecule has 9 heteroatoms. The number of hydrogen-bond donors (Lipinski definition) is 4. The van der Waals surface area contributed by atoms with E-state index in [1.165, 1.54) is 0 Å². The summed E-state index contributed by atoms with van der Waals surface area (Å²) >= 11 is 3.30. The van der Waals surface area contributed by atoms with E-state index < -0.39 is 0 Å². The van der Waals surface area contributed by atoms with E-state index in [2.05, 4.69) is 42.0 Å². The van der Waals surface area contributed by atoms with Crippen LogP contribution in [0, 0.1) is 0 Å². The Bertz CT molecular complexity index is 417. The second-order valence-electron chi connectivity index (χ2n) is 3.55. The van der Waals surface area contributed by atoms with Gasteiger partial charge in [0.2, 0.25) is 11.9 Å². The van der Waals surface area contributed by atoms with Crippen molar-refractivity contribution in [2.45, 2.75) is 6.42 Å². The summed E-state index contributed by atoms with van der Waals surface area (Å²) in [5.74, 6) is 6.05. The van der Waals surface area contributed by atoms with Crippen LogP contribution in [0.3, 0.4) is 0 Å². The number of hydrazine groups is 1. The second kappa shape index (κ2) is 8.62. The van der Waals surface area contributed by atoms with Crippen molar-refractivity contribution in [3.05, 3.63) is 10.7 Å². The number of rotatable bonds is 8. The minimum absolute atomic E-state index is 0.0492. The van der Waals surface area contributed by atoms with Gasteiger partial charge in [-0.25, -0.2) is 10.8 Å². The highest BCUT2D eigenvalue weighted by atomic mass is 79.9. The van der Waals surface area contributed by atoms with Crippen molar-refractivity contribution in [2.75, 3.05) is 37.5 Å². The molecule has 0 fully saturated rings. The van der Waals surface area contributed by atoms with Crippen LogP contribution >= 0.6 is 15.9 Å². The Morgan fingerprint density at radius 2 is 2.32 bits per heavy atom. The number of nitrogens with two attached hydrogens (primary N) is 1. The van der Waals surface area contributed by atoms with Crippen molar-refractivity contribution in [3.63, 3.8) is 0 Å². The number of amides is 1. The molecule has 0 bridgehead atoms. The van der Waals surface area contributed by atoms with Crippen LogP contribution in [-0.2, 0) is 9.53 Å². The summed E-state index contributed by atoms with van der Waals surface area (Å²) < 4.78 is 5.54. The molecule has 0 unspecified atom stereocenters. The molecule has 0 atom stereocenters. The normalized spacial score (nSPS) is 10.1. The van der Waals surface area contributed by atoms with Gasteiger partial charge in [-0.2, -0.15) is 4.98 Å². The summed E-state index contributed by atoms with van der Waals surface area (Å²) in [6.45, 7) is 1.47. The Kier molecular flexibility index (Phi) is 7.08. The molecule has 1 heterocycles. The zero-order valence-corrected chi connectivity index (χ0v) is 12.2.